The molecule has 0 spiro atoms. The van der Waals surface area contributed by atoms with E-state index in [4.69, 9.17) is 0 Å². The van der Waals surface area contributed by atoms with Crippen molar-refractivity contribution in [3.05, 3.63) is 52.2 Å². The van der Waals surface area contributed by atoms with Gasteiger partial charge < -0.3 is 10.6 Å². The number of halogens is 1. The van der Waals surface area contributed by atoms with Crippen LogP contribution >= 0.6 is 23.7 Å². The van der Waals surface area contributed by atoms with Crippen LogP contribution in [0, 0.1) is 26.7 Å². The molecule has 4 rings (SSSR count). The van der Waals surface area contributed by atoms with E-state index in [2.05, 4.69) is 53.6 Å². The molecule has 1 amide bonds. The van der Waals surface area contributed by atoms with Crippen LogP contribution in [-0.4, -0.2) is 33.8 Å². The number of amides is 1. The molecule has 1 fully saturated rings. The molecule has 8 heteroatoms. The van der Waals surface area contributed by atoms with Crippen LogP contribution < -0.4 is 10.6 Å². The molecule has 3 heterocycles. The first-order chi connectivity index (χ1) is 13.4. The molecule has 1 aromatic carbocycles. The molecule has 29 heavy (non-hydrogen) atoms. The number of benzene rings is 1. The summed E-state index contributed by atoms with van der Waals surface area (Å²) in [6, 6.07) is 4.36. The molecule has 1 aliphatic heterocycles. The number of rotatable bonds is 4. The van der Waals surface area contributed by atoms with Crippen LogP contribution in [0.4, 0.5) is 5.13 Å². The first kappa shape index (κ1) is 21.5. The Hall–Kier alpha value is -2.22. The van der Waals surface area contributed by atoms with E-state index in [1.165, 1.54) is 28.0 Å². The molecule has 0 aliphatic carbocycles. The predicted molar refractivity (Wildman–Crippen MR) is 120 cm³/mol. The second kappa shape index (κ2) is 8.65. The summed E-state index contributed by atoms with van der Waals surface area (Å²) >= 11 is 1.47. The topological polar surface area (TPSA) is 71.8 Å². The van der Waals surface area contributed by atoms with E-state index in [1.54, 1.807) is 4.68 Å². The van der Waals surface area contributed by atoms with E-state index in [0.29, 0.717) is 11.7 Å². The summed E-state index contributed by atoms with van der Waals surface area (Å²) in [5.41, 5.74) is 6.85. The standard InChI is InChI=1S/C21H25N5OS.ClH/c1-12-5-14(3)16(6-13(12)2)19-11-28-21(24-19)25-20(27)18-9-22-8-17(18)15-7-23-26(4)10-15;/h5-7,10-11,17-18,22H,8-9H2,1-4H3,(H,24,25,27);1H/t17-,18+;/m1./s1. The molecule has 154 valence electrons. The number of aryl methyl sites for hydroxylation is 4. The van der Waals surface area contributed by atoms with Crippen molar-refractivity contribution in [2.45, 2.75) is 26.7 Å². The van der Waals surface area contributed by atoms with Gasteiger partial charge in [0, 0.05) is 43.2 Å². The van der Waals surface area contributed by atoms with Gasteiger partial charge in [0.1, 0.15) is 0 Å². The van der Waals surface area contributed by atoms with E-state index in [1.807, 2.05) is 24.8 Å². The van der Waals surface area contributed by atoms with Crippen molar-refractivity contribution in [3.63, 3.8) is 0 Å². The van der Waals surface area contributed by atoms with E-state index in [0.717, 1.165) is 23.4 Å². The fraction of sp³-hybridized carbons (Fsp3) is 0.381. The van der Waals surface area contributed by atoms with Crippen LogP contribution in [0.3, 0.4) is 0 Å². The van der Waals surface area contributed by atoms with Gasteiger partial charge in [0.2, 0.25) is 5.91 Å². The third kappa shape index (κ3) is 4.37. The van der Waals surface area contributed by atoms with Crippen LogP contribution in [0.2, 0.25) is 0 Å². The molecule has 2 aromatic heterocycles. The maximum absolute atomic E-state index is 12.9. The number of anilines is 1. The lowest BCUT2D eigenvalue weighted by Gasteiger charge is -2.16. The van der Waals surface area contributed by atoms with Gasteiger partial charge in [-0.1, -0.05) is 6.07 Å². The summed E-state index contributed by atoms with van der Waals surface area (Å²) in [5.74, 6) is 0.0200. The highest BCUT2D eigenvalue weighted by atomic mass is 35.5. The molecule has 3 aromatic rings. The Morgan fingerprint density at radius 2 is 1.97 bits per heavy atom. The molecule has 2 N–H and O–H groups in total. The summed E-state index contributed by atoms with van der Waals surface area (Å²) in [5, 5.41) is 13.3. The molecule has 2 atom stereocenters. The number of aromatic nitrogens is 3. The molecule has 6 nitrogen and oxygen atoms in total. The average Bonchev–Trinajstić information content (AvgIpc) is 3.38. The van der Waals surface area contributed by atoms with E-state index in [-0.39, 0.29) is 30.2 Å². The number of nitrogens with zero attached hydrogens (tertiary/aromatic N) is 3. The molecule has 1 saturated heterocycles. The van der Waals surface area contributed by atoms with E-state index >= 15 is 0 Å². The molecule has 0 unspecified atom stereocenters. The number of hydrogen-bond donors (Lipinski definition) is 2. The number of carbonyl (C=O) groups excluding carboxylic acids is 1. The highest BCUT2D eigenvalue weighted by Gasteiger charge is 2.35. The number of nitrogens with one attached hydrogen (secondary N) is 2. The Kier molecular flexibility index (Phi) is 6.41. The Morgan fingerprint density at radius 1 is 1.21 bits per heavy atom. The van der Waals surface area contributed by atoms with Crippen molar-refractivity contribution in [2.75, 3.05) is 18.4 Å². The predicted octanol–water partition coefficient (Wildman–Crippen LogP) is 3.83. The lowest BCUT2D eigenvalue weighted by Crippen LogP contribution is -2.28. The molecular formula is C21H26ClN5OS. The van der Waals surface area contributed by atoms with Gasteiger partial charge >= 0.3 is 0 Å². The SMILES string of the molecule is Cc1cc(C)c(-c2csc(NC(=O)[C@H]3CNC[C@@H]3c3cnn(C)c3)n2)cc1C.Cl. The second-order valence-electron chi connectivity index (χ2n) is 7.60. The maximum atomic E-state index is 12.9. The Balaban J connectivity index is 0.00000240. The Morgan fingerprint density at radius 3 is 2.69 bits per heavy atom. The van der Waals surface area contributed by atoms with Gasteiger partial charge in [0.25, 0.3) is 0 Å². The lowest BCUT2D eigenvalue weighted by atomic mass is 9.90. The van der Waals surface area contributed by atoms with Crippen molar-refractivity contribution in [1.29, 1.82) is 0 Å². The zero-order valence-corrected chi connectivity index (χ0v) is 18.7. The van der Waals surface area contributed by atoms with Gasteiger partial charge in [0.05, 0.1) is 17.8 Å². The highest BCUT2D eigenvalue weighted by molar-refractivity contribution is 7.14. The number of thiazole rings is 1. The monoisotopic (exact) mass is 431 g/mol. The molecule has 0 radical (unpaired) electrons. The van der Waals surface area contributed by atoms with Gasteiger partial charge in [-0.3, -0.25) is 9.48 Å². The number of carbonyl (C=O) groups is 1. The Bertz CT molecular complexity index is 1030. The maximum Gasteiger partial charge on any atom is 0.231 e. The normalized spacial score (nSPS) is 18.5. The van der Waals surface area contributed by atoms with Gasteiger partial charge in [-0.25, -0.2) is 4.98 Å². The van der Waals surface area contributed by atoms with Crippen LogP contribution in [-0.2, 0) is 11.8 Å². The third-order valence-corrected chi connectivity index (χ3v) is 6.31. The summed E-state index contributed by atoms with van der Waals surface area (Å²) in [6.07, 6.45) is 3.84. The summed E-state index contributed by atoms with van der Waals surface area (Å²) in [6.45, 7) is 7.78. The quantitative estimate of drug-likeness (QED) is 0.658. The summed E-state index contributed by atoms with van der Waals surface area (Å²) in [7, 11) is 1.90. The van der Waals surface area contributed by atoms with Gasteiger partial charge in [-0.15, -0.1) is 23.7 Å². The van der Waals surface area contributed by atoms with Crippen LogP contribution in [0.15, 0.2) is 29.9 Å². The fourth-order valence-electron chi connectivity index (χ4n) is 3.83. The van der Waals surface area contributed by atoms with Crippen molar-refractivity contribution in [3.8, 4) is 11.3 Å². The first-order valence-electron chi connectivity index (χ1n) is 9.46. The van der Waals surface area contributed by atoms with Gasteiger partial charge in [-0.2, -0.15) is 5.10 Å². The van der Waals surface area contributed by atoms with Crippen molar-refractivity contribution < 1.29 is 4.79 Å². The van der Waals surface area contributed by atoms with Crippen molar-refractivity contribution in [1.82, 2.24) is 20.1 Å². The van der Waals surface area contributed by atoms with E-state index in [9.17, 15) is 4.79 Å². The first-order valence-corrected chi connectivity index (χ1v) is 10.3. The molecule has 0 bridgehead atoms. The molecular weight excluding hydrogens is 406 g/mol. The highest BCUT2D eigenvalue weighted by Crippen LogP contribution is 2.32. The minimum atomic E-state index is -0.125. The lowest BCUT2D eigenvalue weighted by molar-refractivity contribution is -0.119. The number of hydrogen-bond acceptors (Lipinski definition) is 5. The summed E-state index contributed by atoms with van der Waals surface area (Å²) < 4.78 is 1.78. The largest absolute Gasteiger partial charge is 0.315 e. The minimum Gasteiger partial charge on any atom is -0.315 e. The van der Waals surface area contributed by atoms with Crippen LogP contribution in [0.5, 0.6) is 0 Å². The van der Waals surface area contributed by atoms with E-state index < -0.39 is 0 Å². The van der Waals surface area contributed by atoms with Crippen molar-refractivity contribution in [2.24, 2.45) is 13.0 Å². The Labute approximate surface area is 181 Å². The minimum absolute atomic E-state index is 0. The third-order valence-electron chi connectivity index (χ3n) is 5.55. The fourth-order valence-corrected chi connectivity index (χ4v) is 4.54. The molecule has 0 saturated carbocycles. The van der Waals surface area contributed by atoms with Crippen LogP contribution in [0.25, 0.3) is 11.3 Å². The van der Waals surface area contributed by atoms with Gasteiger partial charge in [0.15, 0.2) is 5.13 Å². The second-order valence-corrected chi connectivity index (χ2v) is 8.46. The van der Waals surface area contributed by atoms with Crippen molar-refractivity contribution >= 4 is 34.8 Å². The zero-order chi connectivity index (χ0) is 19.8. The summed E-state index contributed by atoms with van der Waals surface area (Å²) in [4.78, 5) is 17.6. The van der Waals surface area contributed by atoms with Crippen LogP contribution in [0.1, 0.15) is 28.2 Å². The van der Waals surface area contributed by atoms with Gasteiger partial charge in [-0.05, 0) is 49.1 Å². The zero-order valence-electron chi connectivity index (χ0n) is 17.0. The average molecular weight is 432 g/mol. The smallest absolute Gasteiger partial charge is 0.231 e. The molecule has 1 aliphatic rings.